The minimum atomic E-state index is -0.495. The van der Waals surface area contributed by atoms with Gasteiger partial charge in [0.2, 0.25) is 0 Å². The van der Waals surface area contributed by atoms with Crippen LogP contribution in [0.25, 0.3) is 0 Å². The molecule has 7 nitrogen and oxygen atoms in total. The van der Waals surface area contributed by atoms with Crippen molar-refractivity contribution in [3.05, 3.63) is 62.6 Å². The minimum absolute atomic E-state index is 0.0527. The zero-order chi connectivity index (χ0) is 20.7. The molecule has 0 heterocycles. The van der Waals surface area contributed by atoms with Crippen LogP contribution >= 0.6 is 28.1 Å². The molecule has 0 spiro atoms. The highest BCUT2D eigenvalue weighted by atomic mass is 79.9. The second-order valence-corrected chi connectivity index (χ2v) is 7.65. The Balaban J connectivity index is 1.91. The van der Waals surface area contributed by atoms with Crippen LogP contribution in [-0.2, 0) is 0 Å². The number of rotatable bonds is 7. The first-order valence-corrected chi connectivity index (χ1v) is 9.75. The van der Waals surface area contributed by atoms with Gasteiger partial charge in [-0.25, -0.2) is 0 Å². The molecule has 0 radical (unpaired) electrons. The standard InChI is InChI=1S/C19H20BrN3O4S/c1-12(2)9-10-27-15-6-3-13(4-7-15)18(24)22-19(28)21-17-8-5-14(23(25)26)11-16(17)20/h3-8,11-12H,9-10H2,1-2H3,(H2,21,22,24,28). The van der Waals surface area contributed by atoms with Gasteiger partial charge < -0.3 is 10.1 Å². The van der Waals surface area contributed by atoms with Crippen molar-refractivity contribution in [2.24, 2.45) is 5.92 Å². The third-order valence-electron chi connectivity index (χ3n) is 3.72. The summed E-state index contributed by atoms with van der Waals surface area (Å²) in [4.78, 5) is 22.6. The number of nitrogens with one attached hydrogen (secondary N) is 2. The Morgan fingerprint density at radius 3 is 2.50 bits per heavy atom. The second kappa shape index (κ2) is 10.1. The molecule has 0 aliphatic carbocycles. The maximum Gasteiger partial charge on any atom is 0.270 e. The summed E-state index contributed by atoms with van der Waals surface area (Å²) in [5.41, 5.74) is 0.885. The normalized spacial score (nSPS) is 10.4. The molecule has 0 aliphatic heterocycles. The smallest absolute Gasteiger partial charge is 0.270 e. The summed E-state index contributed by atoms with van der Waals surface area (Å²) in [6.45, 7) is 4.88. The van der Waals surface area contributed by atoms with Crippen LogP contribution in [0.1, 0.15) is 30.6 Å². The fraction of sp³-hybridized carbons (Fsp3) is 0.263. The number of benzene rings is 2. The van der Waals surface area contributed by atoms with Crippen molar-refractivity contribution in [2.45, 2.75) is 20.3 Å². The Hall–Kier alpha value is -2.52. The Kier molecular flexibility index (Phi) is 7.89. The van der Waals surface area contributed by atoms with Crippen LogP contribution < -0.4 is 15.4 Å². The van der Waals surface area contributed by atoms with Gasteiger partial charge in [0.25, 0.3) is 11.6 Å². The molecule has 9 heteroatoms. The van der Waals surface area contributed by atoms with Crippen LogP contribution in [0.5, 0.6) is 5.75 Å². The van der Waals surface area contributed by atoms with Gasteiger partial charge in [-0.15, -0.1) is 0 Å². The molecule has 2 N–H and O–H groups in total. The number of hydrogen-bond donors (Lipinski definition) is 2. The predicted molar refractivity (Wildman–Crippen MR) is 116 cm³/mol. The maximum atomic E-state index is 12.3. The topological polar surface area (TPSA) is 93.5 Å². The van der Waals surface area contributed by atoms with Gasteiger partial charge in [0.05, 0.1) is 17.2 Å². The number of carbonyl (C=O) groups excluding carboxylic acids is 1. The number of carbonyl (C=O) groups is 1. The summed E-state index contributed by atoms with van der Waals surface area (Å²) in [5.74, 6) is 0.895. The van der Waals surface area contributed by atoms with Gasteiger partial charge in [0.15, 0.2) is 5.11 Å². The van der Waals surface area contributed by atoms with E-state index < -0.39 is 4.92 Å². The van der Waals surface area contributed by atoms with E-state index >= 15 is 0 Å². The maximum absolute atomic E-state index is 12.3. The van der Waals surface area contributed by atoms with Gasteiger partial charge >= 0.3 is 0 Å². The van der Waals surface area contributed by atoms with E-state index in [1.807, 2.05) is 0 Å². The quantitative estimate of drug-likeness (QED) is 0.342. The largest absolute Gasteiger partial charge is 0.494 e. The first kappa shape index (κ1) is 21.8. The highest BCUT2D eigenvalue weighted by Crippen LogP contribution is 2.27. The lowest BCUT2D eigenvalue weighted by molar-refractivity contribution is -0.384. The fourth-order valence-electron chi connectivity index (χ4n) is 2.16. The number of nitro groups is 1. The summed E-state index contributed by atoms with van der Waals surface area (Å²) in [5, 5.41) is 16.3. The van der Waals surface area contributed by atoms with Crippen molar-refractivity contribution < 1.29 is 14.5 Å². The van der Waals surface area contributed by atoms with Crippen LogP contribution in [0.15, 0.2) is 46.9 Å². The summed E-state index contributed by atoms with van der Waals surface area (Å²) in [6.07, 6.45) is 0.959. The Morgan fingerprint density at radius 2 is 1.93 bits per heavy atom. The van der Waals surface area contributed by atoms with Gasteiger partial charge in [0, 0.05) is 22.2 Å². The molecule has 0 aromatic heterocycles. The SMILES string of the molecule is CC(C)CCOc1ccc(C(=O)NC(=S)Nc2ccc([N+](=O)[O-])cc2Br)cc1. The first-order valence-electron chi connectivity index (χ1n) is 8.55. The zero-order valence-corrected chi connectivity index (χ0v) is 17.8. The molecule has 28 heavy (non-hydrogen) atoms. The van der Waals surface area contributed by atoms with Crippen molar-refractivity contribution >= 4 is 50.5 Å². The highest BCUT2D eigenvalue weighted by molar-refractivity contribution is 9.10. The summed E-state index contributed by atoms with van der Waals surface area (Å²) >= 11 is 8.38. The number of ether oxygens (including phenoxy) is 1. The Labute approximate surface area is 176 Å². The third-order valence-corrected chi connectivity index (χ3v) is 4.58. The molecule has 0 unspecified atom stereocenters. The lowest BCUT2D eigenvalue weighted by Gasteiger charge is -2.11. The number of amides is 1. The number of halogens is 1. The second-order valence-electron chi connectivity index (χ2n) is 6.38. The monoisotopic (exact) mass is 465 g/mol. The molecule has 148 valence electrons. The average Bonchev–Trinajstić information content (AvgIpc) is 2.63. The van der Waals surface area contributed by atoms with Gasteiger partial charge in [-0.1, -0.05) is 13.8 Å². The van der Waals surface area contributed by atoms with E-state index in [0.717, 1.165) is 6.42 Å². The number of anilines is 1. The average molecular weight is 466 g/mol. The highest BCUT2D eigenvalue weighted by Gasteiger charge is 2.12. The molecule has 0 aliphatic rings. The van der Waals surface area contributed by atoms with E-state index in [0.29, 0.717) is 34.0 Å². The number of thiocarbonyl (C=S) groups is 1. The summed E-state index contributed by atoms with van der Waals surface area (Å²) in [6, 6.07) is 11.0. The van der Waals surface area contributed by atoms with Crippen molar-refractivity contribution in [2.75, 3.05) is 11.9 Å². The number of non-ortho nitro benzene ring substituents is 1. The van der Waals surface area contributed by atoms with Crippen molar-refractivity contribution in [3.63, 3.8) is 0 Å². The van der Waals surface area contributed by atoms with E-state index in [2.05, 4.69) is 40.4 Å². The summed E-state index contributed by atoms with van der Waals surface area (Å²) < 4.78 is 6.09. The summed E-state index contributed by atoms with van der Waals surface area (Å²) in [7, 11) is 0. The molecule has 2 aromatic rings. The van der Waals surface area contributed by atoms with Gasteiger partial charge in [-0.3, -0.25) is 20.2 Å². The van der Waals surface area contributed by atoms with Crippen LogP contribution in [0.2, 0.25) is 0 Å². The minimum Gasteiger partial charge on any atom is -0.494 e. The lowest BCUT2D eigenvalue weighted by atomic mass is 10.1. The van der Waals surface area contributed by atoms with Crippen LogP contribution in [0.4, 0.5) is 11.4 Å². The predicted octanol–water partition coefficient (Wildman–Crippen LogP) is 4.91. The Bertz CT molecular complexity index is 872. The van der Waals surface area contributed by atoms with E-state index in [-0.39, 0.29) is 16.7 Å². The molecule has 0 saturated carbocycles. The van der Waals surface area contributed by atoms with Crippen LogP contribution in [-0.4, -0.2) is 22.5 Å². The number of nitrogens with zero attached hydrogens (tertiary/aromatic N) is 1. The number of hydrogen-bond acceptors (Lipinski definition) is 5. The van der Waals surface area contributed by atoms with Crippen molar-refractivity contribution in [1.29, 1.82) is 0 Å². The van der Waals surface area contributed by atoms with Gasteiger partial charge in [-0.05, 0) is 70.8 Å². The Morgan fingerprint density at radius 1 is 1.25 bits per heavy atom. The molecule has 0 saturated heterocycles. The van der Waals surface area contributed by atoms with Crippen LogP contribution in [0, 0.1) is 16.0 Å². The molecular weight excluding hydrogens is 446 g/mol. The van der Waals surface area contributed by atoms with E-state index in [1.165, 1.54) is 18.2 Å². The molecule has 2 rings (SSSR count). The molecule has 2 aromatic carbocycles. The van der Waals surface area contributed by atoms with Gasteiger partial charge in [-0.2, -0.15) is 0 Å². The molecule has 0 fully saturated rings. The van der Waals surface area contributed by atoms with Crippen molar-refractivity contribution in [3.8, 4) is 5.75 Å². The molecular formula is C19H20BrN3O4S. The lowest BCUT2D eigenvalue weighted by Crippen LogP contribution is -2.34. The third kappa shape index (κ3) is 6.58. The van der Waals surface area contributed by atoms with E-state index in [1.54, 1.807) is 24.3 Å². The fourth-order valence-corrected chi connectivity index (χ4v) is 2.83. The van der Waals surface area contributed by atoms with Crippen molar-refractivity contribution in [1.82, 2.24) is 5.32 Å². The molecule has 0 atom stereocenters. The van der Waals surface area contributed by atoms with Crippen LogP contribution in [0.3, 0.4) is 0 Å². The number of nitro benzene ring substituents is 1. The van der Waals surface area contributed by atoms with E-state index in [4.69, 9.17) is 17.0 Å². The van der Waals surface area contributed by atoms with Gasteiger partial charge in [0.1, 0.15) is 5.75 Å². The molecule has 1 amide bonds. The zero-order valence-electron chi connectivity index (χ0n) is 15.4. The van der Waals surface area contributed by atoms with E-state index in [9.17, 15) is 14.9 Å². The first-order chi connectivity index (χ1) is 13.3. The molecule has 0 bridgehead atoms.